The first-order valence-corrected chi connectivity index (χ1v) is 12.4. The molecule has 1 aromatic rings. The quantitative estimate of drug-likeness (QED) is 0.537. The SMILES string of the molecule is CCNC(=NCC1CCCCN1CC)N1CC(CCN2CCCC2=O)c2ccccc21. The van der Waals surface area contributed by atoms with Crippen molar-refractivity contribution in [2.45, 2.75) is 64.3 Å². The number of likely N-dealkylation sites (tertiary alicyclic amines) is 2. The van der Waals surface area contributed by atoms with Crippen molar-refractivity contribution in [3.8, 4) is 0 Å². The van der Waals surface area contributed by atoms with E-state index in [0.717, 1.165) is 64.5 Å². The van der Waals surface area contributed by atoms with Crippen molar-refractivity contribution in [2.24, 2.45) is 4.99 Å². The molecule has 3 aliphatic rings. The number of guanidine groups is 1. The molecule has 0 aliphatic carbocycles. The molecule has 1 amide bonds. The zero-order valence-corrected chi connectivity index (χ0v) is 19.4. The molecule has 0 bridgehead atoms. The molecule has 0 radical (unpaired) electrons. The molecule has 0 aromatic heterocycles. The van der Waals surface area contributed by atoms with Crippen LogP contribution in [0.15, 0.2) is 29.3 Å². The van der Waals surface area contributed by atoms with Gasteiger partial charge in [0.05, 0.1) is 6.54 Å². The summed E-state index contributed by atoms with van der Waals surface area (Å²) in [6, 6.07) is 9.31. The second-order valence-corrected chi connectivity index (χ2v) is 9.11. The fourth-order valence-electron chi connectivity index (χ4n) is 5.46. The largest absolute Gasteiger partial charge is 0.356 e. The number of benzene rings is 1. The van der Waals surface area contributed by atoms with Crippen molar-refractivity contribution >= 4 is 17.6 Å². The number of likely N-dealkylation sites (N-methyl/N-ethyl adjacent to an activating group) is 1. The smallest absolute Gasteiger partial charge is 0.222 e. The lowest BCUT2D eigenvalue weighted by molar-refractivity contribution is -0.127. The van der Waals surface area contributed by atoms with E-state index < -0.39 is 0 Å². The zero-order chi connectivity index (χ0) is 21.6. The van der Waals surface area contributed by atoms with Crippen LogP contribution in [-0.4, -0.2) is 73.5 Å². The molecule has 3 heterocycles. The van der Waals surface area contributed by atoms with Gasteiger partial charge in [-0.1, -0.05) is 31.5 Å². The van der Waals surface area contributed by atoms with E-state index >= 15 is 0 Å². The van der Waals surface area contributed by atoms with Gasteiger partial charge in [0.2, 0.25) is 5.91 Å². The monoisotopic (exact) mass is 425 g/mol. The minimum Gasteiger partial charge on any atom is -0.356 e. The maximum absolute atomic E-state index is 12.1. The normalized spacial score (nSPS) is 24.7. The molecule has 170 valence electrons. The van der Waals surface area contributed by atoms with Crippen LogP contribution in [0.5, 0.6) is 0 Å². The number of rotatable bonds is 7. The summed E-state index contributed by atoms with van der Waals surface area (Å²) < 4.78 is 0. The number of carbonyl (C=O) groups excluding carboxylic acids is 1. The average Bonchev–Trinajstić information content (AvgIpc) is 3.38. The molecule has 2 unspecified atom stereocenters. The number of aliphatic imine (C=N–C) groups is 1. The molecule has 6 heteroatoms. The number of piperidine rings is 1. The summed E-state index contributed by atoms with van der Waals surface area (Å²) in [4.78, 5) is 24.2. The van der Waals surface area contributed by atoms with Gasteiger partial charge in [0.1, 0.15) is 0 Å². The molecule has 2 atom stereocenters. The number of carbonyl (C=O) groups is 1. The summed E-state index contributed by atoms with van der Waals surface area (Å²) in [7, 11) is 0. The lowest BCUT2D eigenvalue weighted by atomic mass is 9.98. The Morgan fingerprint density at radius 2 is 2.03 bits per heavy atom. The van der Waals surface area contributed by atoms with Crippen molar-refractivity contribution in [3.05, 3.63) is 29.8 Å². The maximum Gasteiger partial charge on any atom is 0.222 e. The summed E-state index contributed by atoms with van der Waals surface area (Å²) in [5.74, 6) is 1.78. The zero-order valence-electron chi connectivity index (χ0n) is 19.4. The van der Waals surface area contributed by atoms with Gasteiger partial charge in [-0.25, -0.2) is 0 Å². The minimum absolute atomic E-state index is 0.325. The number of anilines is 1. The minimum atomic E-state index is 0.325. The first-order chi connectivity index (χ1) is 15.2. The summed E-state index contributed by atoms with van der Waals surface area (Å²) in [6.07, 6.45) is 6.64. The highest BCUT2D eigenvalue weighted by Crippen LogP contribution is 2.38. The van der Waals surface area contributed by atoms with Gasteiger partial charge >= 0.3 is 0 Å². The van der Waals surface area contributed by atoms with E-state index in [0.29, 0.717) is 17.9 Å². The molecular weight excluding hydrogens is 386 g/mol. The molecule has 2 saturated heterocycles. The van der Waals surface area contributed by atoms with E-state index in [2.05, 4.69) is 53.2 Å². The van der Waals surface area contributed by atoms with Crippen LogP contribution in [0.2, 0.25) is 0 Å². The predicted molar refractivity (Wildman–Crippen MR) is 128 cm³/mol. The molecule has 0 saturated carbocycles. The van der Waals surface area contributed by atoms with E-state index in [1.807, 2.05) is 4.90 Å². The lowest BCUT2D eigenvalue weighted by Gasteiger charge is -2.34. The van der Waals surface area contributed by atoms with E-state index in [-0.39, 0.29) is 0 Å². The molecule has 31 heavy (non-hydrogen) atoms. The Hall–Kier alpha value is -2.08. The van der Waals surface area contributed by atoms with Crippen molar-refractivity contribution in [1.29, 1.82) is 0 Å². The number of nitrogens with zero attached hydrogens (tertiary/aromatic N) is 4. The standard InChI is InChI=1S/C25H39N5O/c1-3-26-25(27-18-21-10-7-8-15-28(21)4-2)30-19-20(22-11-5-6-12-23(22)30)14-17-29-16-9-13-24(29)31/h5-6,11-12,20-21H,3-4,7-10,13-19H2,1-2H3,(H,26,27). The first-order valence-electron chi connectivity index (χ1n) is 12.4. The van der Waals surface area contributed by atoms with Crippen molar-refractivity contribution in [2.75, 3.05) is 50.7 Å². The molecule has 3 aliphatic heterocycles. The molecule has 0 spiro atoms. The summed E-state index contributed by atoms with van der Waals surface area (Å²) >= 11 is 0. The third-order valence-electron chi connectivity index (χ3n) is 7.19. The van der Waals surface area contributed by atoms with E-state index in [1.165, 1.54) is 37.1 Å². The predicted octanol–water partition coefficient (Wildman–Crippen LogP) is 3.44. The van der Waals surface area contributed by atoms with E-state index in [1.54, 1.807) is 0 Å². The van der Waals surface area contributed by atoms with Crippen LogP contribution in [-0.2, 0) is 4.79 Å². The molecule has 2 fully saturated rings. The molecule has 1 N–H and O–H groups in total. The van der Waals surface area contributed by atoms with Gasteiger partial charge in [-0.3, -0.25) is 14.7 Å². The Kier molecular flexibility index (Phi) is 7.49. The summed E-state index contributed by atoms with van der Waals surface area (Å²) in [5.41, 5.74) is 2.67. The van der Waals surface area contributed by atoms with Crippen LogP contribution in [0.4, 0.5) is 5.69 Å². The highest BCUT2D eigenvalue weighted by molar-refractivity contribution is 5.98. The highest BCUT2D eigenvalue weighted by Gasteiger charge is 2.32. The van der Waals surface area contributed by atoms with Gasteiger partial charge in [0.25, 0.3) is 0 Å². The van der Waals surface area contributed by atoms with E-state index in [4.69, 9.17) is 4.99 Å². The van der Waals surface area contributed by atoms with Gasteiger partial charge in [-0.05, 0) is 57.3 Å². The van der Waals surface area contributed by atoms with Gasteiger partial charge in [0, 0.05) is 50.2 Å². The van der Waals surface area contributed by atoms with Gasteiger partial charge in [0.15, 0.2) is 5.96 Å². The number of fused-ring (bicyclic) bond motifs is 1. The van der Waals surface area contributed by atoms with Crippen LogP contribution in [0.25, 0.3) is 0 Å². The lowest BCUT2D eigenvalue weighted by Crippen LogP contribution is -2.44. The fraction of sp³-hybridized carbons (Fsp3) is 0.680. The number of para-hydroxylation sites is 1. The fourth-order valence-corrected chi connectivity index (χ4v) is 5.46. The Morgan fingerprint density at radius 1 is 1.16 bits per heavy atom. The van der Waals surface area contributed by atoms with E-state index in [9.17, 15) is 4.79 Å². The van der Waals surface area contributed by atoms with Crippen LogP contribution >= 0.6 is 0 Å². The van der Waals surface area contributed by atoms with Gasteiger partial charge < -0.3 is 15.1 Å². The Labute approximate surface area is 187 Å². The van der Waals surface area contributed by atoms with Gasteiger partial charge in [-0.15, -0.1) is 0 Å². The topological polar surface area (TPSA) is 51.2 Å². The highest BCUT2D eigenvalue weighted by atomic mass is 16.2. The molecular formula is C25H39N5O. The Bertz CT molecular complexity index is 779. The molecule has 6 nitrogen and oxygen atoms in total. The molecule has 4 rings (SSSR count). The summed E-state index contributed by atoms with van der Waals surface area (Å²) in [6.45, 7) is 11.2. The average molecular weight is 426 g/mol. The molecule has 1 aromatic carbocycles. The second kappa shape index (κ2) is 10.5. The second-order valence-electron chi connectivity index (χ2n) is 9.11. The Morgan fingerprint density at radius 3 is 2.81 bits per heavy atom. The van der Waals surface area contributed by atoms with Crippen LogP contribution < -0.4 is 10.2 Å². The number of hydrogen-bond donors (Lipinski definition) is 1. The number of hydrogen-bond acceptors (Lipinski definition) is 3. The van der Waals surface area contributed by atoms with Crippen molar-refractivity contribution in [1.82, 2.24) is 15.1 Å². The third-order valence-corrected chi connectivity index (χ3v) is 7.19. The van der Waals surface area contributed by atoms with Crippen LogP contribution in [0.1, 0.15) is 63.9 Å². The van der Waals surface area contributed by atoms with Crippen molar-refractivity contribution < 1.29 is 4.79 Å². The maximum atomic E-state index is 12.1. The number of amides is 1. The third kappa shape index (κ3) is 5.05. The van der Waals surface area contributed by atoms with Crippen molar-refractivity contribution in [3.63, 3.8) is 0 Å². The van der Waals surface area contributed by atoms with Gasteiger partial charge in [-0.2, -0.15) is 0 Å². The Balaban J connectivity index is 1.48. The van der Waals surface area contributed by atoms with Crippen LogP contribution in [0.3, 0.4) is 0 Å². The first kappa shape index (κ1) is 22.1. The summed E-state index contributed by atoms with van der Waals surface area (Å²) in [5, 5.41) is 3.56. The number of nitrogens with one attached hydrogen (secondary N) is 1. The van der Waals surface area contributed by atoms with Crippen LogP contribution in [0, 0.1) is 0 Å².